The molecule has 1 fully saturated rings. The molecule has 0 radical (unpaired) electrons. The quantitative estimate of drug-likeness (QED) is 0.801. The number of carboxylic acid groups (broad SMARTS) is 1. The standard InChI is InChI=1S/C12H15NO5S/c1-7-9(18-12(16)17-7)6-19-10-2-3-13-5-8(10)4-11(14)15/h4,10,13H,2-3,5-6H2,1H3,(H,14,15)/b8-4-. The van der Waals surface area contributed by atoms with Gasteiger partial charge in [-0.25, -0.2) is 9.59 Å². The molecule has 0 amide bonds. The summed E-state index contributed by atoms with van der Waals surface area (Å²) in [6.07, 6.45) is 2.10. The van der Waals surface area contributed by atoms with Crippen molar-refractivity contribution in [2.75, 3.05) is 13.1 Å². The van der Waals surface area contributed by atoms with E-state index in [2.05, 4.69) is 5.32 Å². The maximum Gasteiger partial charge on any atom is 0.519 e. The highest BCUT2D eigenvalue weighted by Gasteiger charge is 2.21. The average Bonchev–Trinajstić information content (AvgIpc) is 2.66. The summed E-state index contributed by atoms with van der Waals surface area (Å²) in [5, 5.41) is 12.1. The van der Waals surface area contributed by atoms with Gasteiger partial charge in [-0.3, -0.25) is 0 Å². The van der Waals surface area contributed by atoms with Crippen LogP contribution in [0.1, 0.15) is 17.9 Å². The smallest absolute Gasteiger partial charge is 0.478 e. The van der Waals surface area contributed by atoms with Gasteiger partial charge < -0.3 is 19.3 Å². The van der Waals surface area contributed by atoms with E-state index >= 15 is 0 Å². The van der Waals surface area contributed by atoms with Crippen LogP contribution < -0.4 is 11.1 Å². The van der Waals surface area contributed by atoms with Crippen LogP contribution in [0.5, 0.6) is 0 Å². The van der Waals surface area contributed by atoms with E-state index in [1.165, 1.54) is 6.08 Å². The molecule has 19 heavy (non-hydrogen) atoms. The number of piperidine rings is 1. The molecule has 1 aromatic rings. The minimum atomic E-state index is -0.935. The second-order valence-corrected chi connectivity index (χ2v) is 5.45. The molecule has 1 aliphatic heterocycles. The van der Waals surface area contributed by atoms with Crippen molar-refractivity contribution in [1.29, 1.82) is 0 Å². The first-order valence-electron chi connectivity index (χ1n) is 5.91. The topological polar surface area (TPSA) is 92.7 Å². The first-order valence-corrected chi connectivity index (χ1v) is 6.96. The van der Waals surface area contributed by atoms with E-state index < -0.39 is 11.8 Å². The van der Waals surface area contributed by atoms with E-state index in [0.717, 1.165) is 18.5 Å². The number of thioether (sulfide) groups is 1. The van der Waals surface area contributed by atoms with Crippen molar-refractivity contribution in [2.24, 2.45) is 0 Å². The van der Waals surface area contributed by atoms with Gasteiger partial charge in [0.2, 0.25) is 0 Å². The van der Waals surface area contributed by atoms with Crippen molar-refractivity contribution in [1.82, 2.24) is 5.32 Å². The number of nitrogens with one attached hydrogen (secondary N) is 1. The Morgan fingerprint density at radius 1 is 1.58 bits per heavy atom. The van der Waals surface area contributed by atoms with Crippen molar-refractivity contribution in [3.63, 3.8) is 0 Å². The van der Waals surface area contributed by atoms with E-state index in [4.69, 9.17) is 13.9 Å². The second-order valence-electron chi connectivity index (χ2n) is 4.26. The lowest BCUT2D eigenvalue weighted by molar-refractivity contribution is -0.131. The lowest BCUT2D eigenvalue weighted by Crippen LogP contribution is -2.32. The Labute approximate surface area is 113 Å². The first kappa shape index (κ1) is 14.0. The van der Waals surface area contributed by atoms with Crippen molar-refractivity contribution in [3.05, 3.63) is 33.8 Å². The fraction of sp³-hybridized carbons (Fsp3) is 0.500. The highest BCUT2D eigenvalue weighted by molar-refractivity contribution is 7.99. The molecule has 0 saturated carbocycles. The van der Waals surface area contributed by atoms with Gasteiger partial charge in [0, 0.05) is 17.9 Å². The van der Waals surface area contributed by atoms with Crippen LogP contribution in [0, 0.1) is 6.92 Å². The van der Waals surface area contributed by atoms with Crippen molar-refractivity contribution >= 4 is 17.7 Å². The van der Waals surface area contributed by atoms with Crippen LogP contribution in [-0.2, 0) is 10.5 Å². The van der Waals surface area contributed by atoms with Crippen molar-refractivity contribution < 1.29 is 18.7 Å². The van der Waals surface area contributed by atoms with E-state index in [0.29, 0.717) is 23.8 Å². The highest BCUT2D eigenvalue weighted by atomic mass is 32.2. The van der Waals surface area contributed by atoms with Gasteiger partial charge in [-0.1, -0.05) is 0 Å². The molecule has 7 heteroatoms. The predicted octanol–water partition coefficient (Wildman–Crippen LogP) is 1.15. The second kappa shape index (κ2) is 6.12. The minimum Gasteiger partial charge on any atom is -0.478 e. The third-order valence-electron chi connectivity index (χ3n) is 2.89. The summed E-state index contributed by atoms with van der Waals surface area (Å²) in [5.41, 5.74) is 0.854. The largest absolute Gasteiger partial charge is 0.519 e. The number of aliphatic carboxylic acids is 1. The van der Waals surface area contributed by atoms with Gasteiger partial charge in [-0.2, -0.15) is 0 Å². The molecule has 2 heterocycles. The van der Waals surface area contributed by atoms with Gasteiger partial charge in [0.15, 0.2) is 5.76 Å². The number of carboxylic acids is 1. The molecule has 104 valence electrons. The molecule has 1 saturated heterocycles. The van der Waals surface area contributed by atoms with Crippen LogP contribution in [0.3, 0.4) is 0 Å². The molecule has 1 aliphatic rings. The van der Waals surface area contributed by atoms with E-state index in [9.17, 15) is 9.59 Å². The zero-order valence-corrected chi connectivity index (χ0v) is 11.3. The minimum absolute atomic E-state index is 0.122. The van der Waals surface area contributed by atoms with Crippen molar-refractivity contribution in [3.8, 4) is 0 Å². The molecule has 1 aromatic heterocycles. The Balaban J connectivity index is 2.02. The Kier molecular flexibility index (Phi) is 4.49. The number of carbonyl (C=O) groups is 1. The van der Waals surface area contributed by atoms with Crippen LogP contribution in [0.4, 0.5) is 0 Å². The summed E-state index contributed by atoms with van der Waals surface area (Å²) in [6.45, 7) is 3.11. The maximum atomic E-state index is 10.9. The Hall–Kier alpha value is -1.47. The fourth-order valence-corrected chi connectivity index (χ4v) is 3.21. The predicted molar refractivity (Wildman–Crippen MR) is 70.3 cm³/mol. The van der Waals surface area contributed by atoms with Gasteiger partial charge in [0.25, 0.3) is 0 Å². The molecule has 0 spiro atoms. The third-order valence-corrected chi connectivity index (χ3v) is 4.26. The molecule has 1 atom stereocenters. The van der Waals surface area contributed by atoms with Gasteiger partial charge in [0.05, 0.1) is 5.75 Å². The van der Waals surface area contributed by atoms with Crippen molar-refractivity contribution in [2.45, 2.75) is 24.3 Å². The summed E-state index contributed by atoms with van der Waals surface area (Å²) in [5.74, 6) is -0.132. The number of aryl methyl sites for hydroxylation is 1. The zero-order chi connectivity index (χ0) is 13.8. The van der Waals surface area contributed by atoms with E-state index in [1.807, 2.05) is 0 Å². The monoisotopic (exact) mass is 285 g/mol. The van der Waals surface area contributed by atoms with Gasteiger partial charge in [0.1, 0.15) is 5.76 Å². The number of hydrogen-bond donors (Lipinski definition) is 2. The van der Waals surface area contributed by atoms with Crippen LogP contribution in [0.15, 0.2) is 25.3 Å². The van der Waals surface area contributed by atoms with E-state index in [1.54, 1.807) is 18.7 Å². The summed E-state index contributed by atoms with van der Waals surface area (Å²) in [6, 6.07) is 0. The maximum absolute atomic E-state index is 10.9. The molecular formula is C12H15NO5S. The molecular weight excluding hydrogens is 270 g/mol. The average molecular weight is 285 g/mol. The van der Waals surface area contributed by atoms with Crippen LogP contribution in [0.25, 0.3) is 0 Å². The van der Waals surface area contributed by atoms with Gasteiger partial charge >= 0.3 is 11.8 Å². The zero-order valence-electron chi connectivity index (χ0n) is 10.5. The lowest BCUT2D eigenvalue weighted by Gasteiger charge is -2.25. The van der Waals surface area contributed by atoms with Gasteiger partial charge in [-0.15, -0.1) is 11.8 Å². The Morgan fingerprint density at radius 3 is 3.00 bits per heavy atom. The SMILES string of the molecule is Cc1oc(=O)oc1CSC1CCNC/C1=C/C(=O)O. The Morgan fingerprint density at radius 2 is 2.37 bits per heavy atom. The molecule has 6 nitrogen and oxygen atoms in total. The summed E-state index contributed by atoms with van der Waals surface area (Å²) < 4.78 is 9.72. The lowest BCUT2D eigenvalue weighted by atomic mass is 10.1. The summed E-state index contributed by atoms with van der Waals surface area (Å²) in [4.78, 5) is 21.7. The van der Waals surface area contributed by atoms with E-state index in [-0.39, 0.29) is 5.25 Å². The molecule has 2 rings (SSSR count). The molecule has 0 aliphatic carbocycles. The van der Waals surface area contributed by atoms with Crippen LogP contribution in [0.2, 0.25) is 0 Å². The summed E-state index contributed by atoms with van der Waals surface area (Å²) >= 11 is 1.56. The van der Waals surface area contributed by atoms with Crippen LogP contribution in [-0.4, -0.2) is 29.4 Å². The molecule has 1 unspecified atom stereocenters. The molecule has 0 bridgehead atoms. The fourth-order valence-electron chi connectivity index (χ4n) is 1.94. The molecule has 0 aromatic carbocycles. The molecule has 2 N–H and O–H groups in total. The number of rotatable bonds is 4. The van der Waals surface area contributed by atoms with Crippen LogP contribution >= 0.6 is 11.8 Å². The Bertz CT molecular complexity index is 545. The first-order chi connectivity index (χ1) is 9.06. The number of hydrogen-bond acceptors (Lipinski definition) is 6. The normalized spacial score (nSPS) is 21.7. The van der Waals surface area contributed by atoms with Gasteiger partial charge in [-0.05, 0) is 25.5 Å². The summed E-state index contributed by atoms with van der Waals surface area (Å²) in [7, 11) is 0. The third kappa shape index (κ3) is 3.74. The highest BCUT2D eigenvalue weighted by Crippen LogP contribution is 2.28.